The predicted octanol–water partition coefficient (Wildman–Crippen LogP) is -0.106. The standard InChI is InChI=1S/C7H9N5O/c8-6(12-13)4-1-5-7(9-2-4)11-3-10-5/h1-3,6,12-13H,8H2,(H,9,10,11). The second kappa shape index (κ2) is 3.09. The van der Waals surface area contributed by atoms with Gasteiger partial charge in [-0.2, -0.15) is 5.48 Å². The molecule has 6 heteroatoms. The zero-order valence-corrected chi connectivity index (χ0v) is 6.73. The van der Waals surface area contributed by atoms with E-state index in [1.165, 1.54) is 0 Å². The lowest BCUT2D eigenvalue weighted by Crippen LogP contribution is -2.25. The summed E-state index contributed by atoms with van der Waals surface area (Å²) < 4.78 is 0. The summed E-state index contributed by atoms with van der Waals surface area (Å²) in [4.78, 5) is 10.9. The second-order valence-corrected chi connectivity index (χ2v) is 2.65. The van der Waals surface area contributed by atoms with Gasteiger partial charge in [0, 0.05) is 11.8 Å². The number of aromatic amines is 1. The Labute approximate surface area is 73.8 Å². The lowest BCUT2D eigenvalue weighted by atomic mass is 10.2. The van der Waals surface area contributed by atoms with Gasteiger partial charge in [-0.3, -0.25) is 0 Å². The summed E-state index contributed by atoms with van der Waals surface area (Å²) in [5, 5.41) is 8.58. The van der Waals surface area contributed by atoms with Gasteiger partial charge in [0.05, 0.1) is 11.8 Å². The first-order chi connectivity index (χ1) is 6.31. The van der Waals surface area contributed by atoms with Gasteiger partial charge in [-0.1, -0.05) is 0 Å². The van der Waals surface area contributed by atoms with Gasteiger partial charge >= 0.3 is 0 Å². The van der Waals surface area contributed by atoms with E-state index in [-0.39, 0.29) is 0 Å². The average molecular weight is 179 g/mol. The Hall–Kier alpha value is -1.50. The van der Waals surface area contributed by atoms with E-state index >= 15 is 0 Å². The van der Waals surface area contributed by atoms with Crippen molar-refractivity contribution in [1.82, 2.24) is 20.4 Å². The van der Waals surface area contributed by atoms with Crippen molar-refractivity contribution in [2.45, 2.75) is 6.17 Å². The molecule has 1 atom stereocenters. The molecule has 0 saturated carbocycles. The lowest BCUT2D eigenvalue weighted by Gasteiger charge is -2.07. The summed E-state index contributed by atoms with van der Waals surface area (Å²) in [7, 11) is 0. The van der Waals surface area contributed by atoms with Crippen LogP contribution in [0.25, 0.3) is 11.2 Å². The van der Waals surface area contributed by atoms with Gasteiger partial charge in [-0.25, -0.2) is 9.97 Å². The van der Waals surface area contributed by atoms with E-state index < -0.39 is 6.17 Å². The molecule has 5 N–H and O–H groups in total. The van der Waals surface area contributed by atoms with E-state index in [2.05, 4.69) is 15.0 Å². The summed E-state index contributed by atoms with van der Waals surface area (Å²) in [6.07, 6.45) is 2.50. The number of hydrogen-bond acceptors (Lipinski definition) is 5. The van der Waals surface area contributed by atoms with Crippen molar-refractivity contribution in [1.29, 1.82) is 0 Å². The first kappa shape index (κ1) is 8.11. The van der Waals surface area contributed by atoms with Crippen molar-refractivity contribution >= 4 is 11.2 Å². The van der Waals surface area contributed by atoms with Crippen molar-refractivity contribution in [2.24, 2.45) is 5.73 Å². The molecule has 0 saturated heterocycles. The van der Waals surface area contributed by atoms with Crippen LogP contribution in [0.4, 0.5) is 0 Å². The Bertz CT molecular complexity index is 412. The minimum Gasteiger partial charge on any atom is -0.343 e. The van der Waals surface area contributed by atoms with Crippen LogP contribution in [0.15, 0.2) is 18.6 Å². The molecule has 0 aliphatic carbocycles. The van der Waals surface area contributed by atoms with Gasteiger partial charge in [0.1, 0.15) is 6.17 Å². The molecule has 0 fully saturated rings. The number of hydrogen-bond donors (Lipinski definition) is 4. The zero-order chi connectivity index (χ0) is 9.26. The van der Waals surface area contributed by atoms with Gasteiger partial charge < -0.3 is 15.9 Å². The van der Waals surface area contributed by atoms with Gasteiger partial charge in [0.25, 0.3) is 0 Å². The number of nitrogens with two attached hydrogens (primary N) is 1. The van der Waals surface area contributed by atoms with E-state index in [0.717, 1.165) is 5.52 Å². The molecule has 2 aromatic rings. The molecule has 0 spiro atoms. The van der Waals surface area contributed by atoms with Crippen LogP contribution in [0.3, 0.4) is 0 Å². The number of hydroxylamine groups is 1. The van der Waals surface area contributed by atoms with E-state index in [1.54, 1.807) is 18.6 Å². The van der Waals surface area contributed by atoms with Crippen LogP contribution in [-0.2, 0) is 0 Å². The molecule has 13 heavy (non-hydrogen) atoms. The number of fused-ring (bicyclic) bond motifs is 1. The van der Waals surface area contributed by atoms with Crippen molar-refractivity contribution in [2.75, 3.05) is 0 Å². The molecule has 6 nitrogen and oxygen atoms in total. The minimum atomic E-state index is -0.625. The van der Waals surface area contributed by atoms with E-state index in [1.807, 2.05) is 5.48 Å². The largest absolute Gasteiger partial charge is 0.343 e. The Morgan fingerprint density at radius 2 is 2.38 bits per heavy atom. The van der Waals surface area contributed by atoms with Crippen molar-refractivity contribution in [3.8, 4) is 0 Å². The fraction of sp³-hybridized carbons (Fsp3) is 0.143. The number of H-pyrrole nitrogens is 1. The SMILES string of the molecule is NC(NO)c1cnc2nc[nH]c2c1. The maximum atomic E-state index is 8.58. The fourth-order valence-electron chi connectivity index (χ4n) is 1.09. The van der Waals surface area contributed by atoms with Gasteiger partial charge in [0.15, 0.2) is 5.65 Å². The van der Waals surface area contributed by atoms with E-state index in [4.69, 9.17) is 10.9 Å². The van der Waals surface area contributed by atoms with Gasteiger partial charge in [-0.15, -0.1) is 0 Å². The minimum absolute atomic E-state index is 0.625. The number of nitrogens with zero attached hydrogens (tertiary/aromatic N) is 2. The first-order valence-electron chi connectivity index (χ1n) is 3.75. The number of rotatable bonds is 2. The topological polar surface area (TPSA) is 99.8 Å². The number of imidazole rings is 1. The second-order valence-electron chi connectivity index (χ2n) is 2.65. The molecular formula is C7H9N5O. The molecule has 0 aliphatic rings. The van der Waals surface area contributed by atoms with E-state index in [9.17, 15) is 0 Å². The van der Waals surface area contributed by atoms with Crippen molar-refractivity contribution in [3.63, 3.8) is 0 Å². The molecule has 2 rings (SSSR count). The summed E-state index contributed by atoms with van der Waals surface area (Å²) in [6.45, 7) is 0. The molecule has 0 aliphatic heterocycles. The van der Waals surface area contributed by atoms with Crippen LogP contribution in [0.2, 0.25) is 0 Å². The lowest BCUT2D eigenvalue weighted by molar-refractivity contribution is 0.128. The highest BCUT2D eigenvalue weighted by molar-refractivity contribution is 5.70. The Kier molecular flexibility index (Phi) is 1.93. The Balaban J connectivity index is 2.48. The third kappa shape index (κ3) is 1.37. The maximum Gasteiger partial charge on any atom is 0.177 e. The normalized spacial score (nSPS) is 13.4. The average Bonchev–Trinajstić information content (AvgIpc) is 2.63. The number of pyridine rings is 1. The maximum absolute atomic E-state index is 8.58. The fourth-order valence-corrected chi connectivity index (χ4v) is 1.09. The first-order valence-corrected chi connectivity index (χ1v) is 3.75. The van der Waals surface area contributed by atoms with Crippen LogP contribution in [0, 0.1) is 0 Å². The Morgan fingerprint density at radius 1 is 1.54 bits per heavy atom. The summed E-state index contributed by atoms with van der Waals surface area (Å²) >= 11 is 0. The highest BCUT2D eigenvalue weighted by Gasteiger charge is 2.05. The van der Waals surface area contributed by atoms with Crippen molar-refractivity contribution < 1.29 is 5.21 Å². The van der Waals surface area contributed by atoms with Crippen LogP contribution in [-0.4, -0.2) is 20.2 Å². The monoisotopic (exact) mass is 179 g/mol. The highest BCUT2D eigenvalue weighted by atomic mass is 16.5. The van der Waals surface area contributed by atoms with E-state index in [0.29, 0.717) is 11.2 Å². The van der Waals surface area contributed by atoms with Gasteiger partial charge in [0.2, 0.25) is 0 Å². The van der Waals surface area contributed by atoms with Crippen LogP contribution in [0.5, 0.6) is 0 Å². The van der Waals surface area contributed by atoms with Crippen molar-refractivity contribution in [3.05, 3.63) is 24.2 Å². The van der Waals surface area contributed by atoms with Gasteiger partial charge in [-0.05, 0) is 6.07 Å². The predicted molar refractivity (Wildman–Crippen MR) is 45.7 cm³/mol. The molecule has 1 unspecified atom stereocenters. The number of nitrogens with one attached hydrogen (secondary N) is 2. The summed E-state index contributed by atoms with van der Waals surface area (Å²) in [5.41, 5.74) is 9.58. The van der Waals surface area contributed by atoms with Crippen LogP contribution >= 0.6 is 0 Å². The smallest absolute Gasteiger partial charge is 0.177 e. The third-order valence-corrected chi connectivity index (χ3v) is 1.79. The molecular weight excluding hydrogens is 170 g/mol. The quantitative estimate of drug-likeness (QED) is 0.381. The van der Waals surface area contributed by atoms with Crippen LogP contribution < -0.4 is 11.2 Å². The molecule has 0 amide bonds. The summed E-state index contributed by atoms with van der Waals surface area (Å²) in [6, 6.07) is 1.78. The molecule has 0 radical (unpaired) electrons. The third-order valence-electron chi connectivity index (χ3n) is 1.79. The van der Waals surface area contributed by atoms with Crippen LogP contribution in [0.1, 0.15) is 11.7 Å². The molecule has 0 aromatic carbocycles. The summed E-state index contributed by atoms with van der Waals surface area (Å²) in [5.74, 6) is 0. The number of aromatic nitrogens is 3. The highest BCUT2D eigenvalue weighted by Crippen LogP contribution is 2.11. The Morgan fingerprint density at radius 3 is 3.15 bits per heavy atom. The molecule has 2 heterocycles. The molecule has 68 valence electrons. The zero-order valence-electron chi connectivity index (χ0n) is 6.73. The molecule has 2 aromatic heterocycles. The molecule has 0 bridgehead atoms.